The molecule has 1 heterocycles. The van der Waals surface area contributed by atoms with Gasteiger partial charge in [0, 0.05) is 18.8 Å². The van der Waals surface area contributed by atoms with Crippen LogP contribution in [0.1, 0.15) is 11.1 Å². The van der Waals surface area contributed by atoms with Crippen molar-refractivity contribution in [3.8, 4) is 5.75 Å². The summed E-state index contributed by atoms with van der Waals surface area (Å²) < 4.78 is 46.0. The van der Waals surface area contributed by atoms with Crippen LogP contribution in [0.2, 0.25) is 5.02 Å². The molecule has 6 nitrogen and oxygen atoms in total. The first-order valence-corrected chi connectivity index (χ1v) is 11.7. The van der Waals surface area contributed by atoms with Crippen LogP contribution in [-0.2, 0) is 27.8 Å². The highest BCUT2D eigenvalue weighted by molar-refractivity contribution is 7.92. The molecular weight excluding hydrogens is 455 g/mol. The predicted octanol–water partition coefficient (Wildman–Crippen LogP) is 4.24. The number of nitrogens with one attached hydrogen (secondary N) is 1. The third-order valence-electron chi connectivity index (χ3n) is 5.14. The molecule has 0 fully saturated rings. The van der Waals surface area contributed by atoms with Gasteiger partial charge in [0.1, 0.15) is 11.6 Å². The van der Waals surface area contributed by atoms with Crippen molar-refractivity contribution in [1.82, 2.24) is 4.90 Å². The van der Waals surface area contributed by atoms with Crippen molar-refractivity contribution in [2.24, 2.45) is 0 Å². The van der Waals surface area contributed by atoms with Crippen molar-refractivity contribution < 1.29 is 22.3 Å². The number of carbonyl (C=O) groups excluding carboxylic acids is 1. The quantitative estimate of drug-likeness (QED) is 0.579. The number of hydrogen-bond acceptors (Lipinski definition) is 4. The van der Waals surface area contributed by atoms with Crippen LogP contribution in [0.3, 0.4) is 0 Å². The zero-order chi connectivity index (χ0) is 22.7. The SMILES string of the molecule is O=C(COc1ccc(S(=O)(=O)Nc2ccc(F)cc2)cc1Cl)N1CCc2ccccc2C1. The van der Waals surface area contributed by atoms with Crippen LogP contribution in [-0.4, -0.2) is 32.4 Å². The predicted molar refractivity (Wildman–Crippen MR) is 120 cm³/mol. The van der Waals surface area contributed by atoms with E-state index in [4.69, 9.17) is 16.3 Å². The van der Waals surface area contributed by atoms with Gasteiger partial charge in [-0.05, 0) is 60.0 Å². The van der Waals surface area contributed by atoms with E-state index in [0.29, 0.717) is 13.1 Å². The summed E-state index contributed by atoms with van der Waals surface area (Å²) in [5, 5.41) is 0.0590. The van der Waals surface area contributed by atoms with Gasteiger partial charge >= 0.3 is 0 Å². The molecule has 1 aliphatic heterocycles. The average molecular weight is 475 g/mol. The Morgan fingerprint density at radius 2 is 1.78 bits per heavy atom. The van der Waals surface area contributed by atoms with E-state index in [1.165, 1.54) is 35.9 Å². The summed E-state index contributed by atoms with van der Waals surface area (Å²) in [5.74, 6) is -0.441. The van der Waals surface area contributed by atoms with Gasteiger partial charge in [-0.3, -0.25) is 9.52 Å². The maximum absolute atomic E-state index is 13.0. The Kier molecular flexibility index (Phi) is 6.34. The Morgan fingerprint density at radius 1 is 1.06 bits per heavy atom. The van der Waals surface area contributed by atoms with Crippen LogP contribution in [0.15, 0.2) is 71.6 Å². The maximum atomic E-state index is 13.0. The first-order valence-electron chi connectivity index (χ1n) is 9.87. The van der Waals surface area contributed by atoms with Gasteiger partial charge in [0.05, 0.1) is 9.92 Å². The fourth-order valence-corrected chi connectivity index (χ4v) is 4.82. The summed E-state index contributed by atoms with van der Waals surface area (Å²) in [5.41, 5.74) is 2.58. The third kappa shape index (κ3) is 5.03. The van der Waals surface area contributed by atoms with E-state index in [1.54, 1.807) is 4.90 Å². The Morgan fingerprint density at radius 3 is 2.50 bits per heavy atom. The first-order chi connectivity index (χ1) is 15.3. The van der Waals surface area contributed by atoms with Gasteiger partial charge in [0.15, 0.2) is 6.61 Å². The molecule has 0 aliphatic carbocycles. The largest absolute Gasteiger partial charge is 0.482 e. The van der Waals surface area contributed by atoms with Crippen LogP contribution < -0.4 is 9.46 Å². The van der Waals surface area contributed by atoms with Crippen molar-refractivity contribution in [2.45, 2.75) is 17.9 Å². The lowest BCUT2D eigenvalue weighted by atomic mass is 10.00. The molecule has 0 radical (unpaired) electrons. The number of nitrogens with zero attached hydrogens (tertiary/aromatic N) is 1. The molecule has 9 heteroatoms. The van der Waals surface area contributed by atoms with E-state index in [9.17, 15) is 17.6 Å². The van der Waals surface area contributed by atoms with Crippen LogP contribution in [0.4, 0.5) is 10.1 Å². The van der Waals surface area contributed by atoms with Gasteiger partial charge in [0.2, 0.25) is 0 Å². The molecule has 0 atom stereocenters. The molecule has 32 heavy (non-hydrogen) atoms. The summed E-state index contributed by atoms with van der Waals surface area (Å²) in [6, 6.07) is 16.9. The maximum Gasteiger partial charge on any atom is 0.261 e. The van der Waals surface area contributed by atoms with Gasteiger partial charge in [0.25, 0.3) is 15.9 Å². The average Bonchev–Trinajstić information content (AvgIpc) is 2.79. The molecule has 1 N–H and O–H groups in total. The monoisotopic (exact) mass is 474 g/mol. The molecule has 0 aromatic heterocycles. The number of anilines is 1. The van der Waals surface area contributed by atoms with Crippen molar-refractivity contribution >= 4 is 33.2 Å². The summed E-state index contributed by atoms with van der Waals surface area (Å²) >= 11 is 6.20. The summed E-state index contributed by atoms with van der Waals surface area (Å²) in [7, 11) is -3.93. The lowest BCUT2D eigenvalue weighted by Gasteiger charge is -2.28. The zero-order valence-corrected chi connectivity index (χ0v) is 18.5. The van der Waals surface area contributed by atoms with E-state index < -0.39 is 15.8 Å². The van der Waals surface area contributed by atoms with Crippen molar-refractivity contribution in [1.29, 1.82) is 0 Å². The van der Waals surface area contributed by atoms with Gasteiger partial charge in [-0.1, -0.05) is 35.9 Å². The minimum absolute atomic E-state index is 0.0590. The van der Waals surface area contributed by atoms with Crippen molar-refractivity contribution in [3.63, 3.8) is 0 Å². The lowest BCUT2D eigenvalue weighted by molar-refractivity contribution is -0.134. The van der Waals surface area contributed by atoms with Crippen LogP contribution >= 0.6 is 11.6 Å². The highest BCUT2D eigenvalue weighted by atomic mass is 35.5. The minimum atomic E-state index is -3.93. The van der Waals surface area contributed by atoms with Crippen molar-refractivity contribution in [2.75, 3.05) is 17.9 Å². The number of fused-ring (bicyclic) bond motifs is 1. The van der Waals surface area contributed by atoms with Crippen LogP contribution in [0.25, 0.3) is 0 Å². The fourth-order valence-electron chi connectivity index (χ4n) is 3.44. The van der Waals surface area contributed by atoms with Crippen molar-refractivity contribution in [3.05, 3.63) is 88.7 Å². The number of halogens is 2. The molecule has 3 aromatic carbocycles. The smallest absolute Gasteiger partial charge is 0.261 e. The number of ether oxygens (including phenoxy) is 1. The lowest BCUT2D eigenvalue weighted by Crippen LogP contribution is -2.38. The number of hydrogen-bond donors (Lipinski definition) is 1. The number of carbonyl (C=O) groups is 1. The molecule has 0 saturated heterocycles. The summed E-state index contributed by atoms with van der Waals surface area (Å²) in [4.78, 5) is 14.2. The second-order valence-electron chi connectivity index (χ2n) is 7.33. The number of benzene rings is 3. The minimum Gasteiger partial charge on any atom is -0.482 e. The number of amides is 1. The fraction of sp³-hybridized carbons (Fsp3) is 0.174. The van der Waals surface area contributed by atoms with Gasteiger partial charge in [-0.2, -0.15) is 0 Å². The van der Waals surface area contributed by atoms with Gasteiger partial charge in [-0.25, -0.2) is 12.8 Å². The molecule has 166 valence electrons. The molecule has 1 amide bonds. The molecule has 0 spiro atoms. The third-order valence-corrected chi connectivity index (χ3v) is 6.82. The first kappa shape index (κ1) is 22.1. The Bertz CT molecular complexity index is 1250. The Labute approximate surface area is 190 Å². The zero-order valence-electron chi connectivity index (χ0n) is 16.9. The molecular formula is C23H20ClFN2O4S. The molecule has 0 bridgehead atoms. The normalized spacial score (nSPS) is 13.4. The van der Waals surface area contributed by atoms with Gasteiger partial charge in [-0.15, -0.1) is 0 Å². The Balaban J connectivity index is 1.39. The van der Waals surface area contributed by atoms with Crippen LogP contribution in [0, 0.1) is 5.82 Å². The second-order valence-corrected chi connectivity index (χ2v) is 9.42. The summed E-state index contributed by atoms with van der Waals surface area (Å²) in [6.07, 6.45) is 0.788. The highest BCUT2D eigenvalue weighted by Gasteiger charge is 2.21. The molecule has 0 unspecified atom stereocenters. The topological polar surface area (TPSA) is 75.7 Å². The number of rotatable bonds is 6. The van der Waals surface area contributed by atoms with Crippen LogP contribution in [0.5, 0.6) is 5.75 Å². The second kappa shape index (κ2) is 9.18. The van der Waals surface area contributed by atoms with E-state index in [2.05, 4.69) is 10.8 Å². The molecule has 0 saturated carbocycles. The standard InChI is InChI=1S/C23H20ClFN2O4S/c24-21-13-20(32(29,30)26-19-7-5-18(25)6-8-19)9-10-22(21)31-15-23(28)27-12-11-16-3-1-2-4-17(16)14-27/h1-10,13,26H,11-12,14-15H2. The van der Waals surface area contributed by atoms with E-state index in [-0.39, 0.29) is 33.9 Å². The highest BCUT2D eigenvalue weighted by Crippen LogP contribution is 2.28. The Hall–Kier alpha value is -3.10. The van der Waals surface area contributed by atoms with E-state index in [1.807, 2.05) is 18.2 Å². The molecule has 3 aromatic rings. The van der Waals surface area contributed by atoms with E-state index in [0.717, 1.165) is 24.1 Å². The molecule has 4 rings (SSSR count). The summed E-state index contributed by atoms with van der Waals surface area (Å²) in [6.45, 7) is 0.930. The molecule has 1 aliphatic rings. The number of sulfonamides is 1. The van der Waals surface area contributed by atoms with E-state index >= 15 is 0 Å². The van der Waals surface area contributed by atoms with Gasteiger partial charge < -0.3 is 9.64 Å².